The van der Waals surface area contributed by atoms with Crippen LogP contribution < -0.4 is 5.73 Å². The van der Waals surface area contributed by atoms with Gasteiger partial charge < -0.3 is 10.3 Å². The van der Waals surface area contributed by atoms with Gasteiger partial charge in [0.15, 0.2) is 0 Å². The Hall–Kier alpha value is -0.830. The first-order chi connectivity index (χ1) is 7.29. The predicted octanol–water partition coefficient (Wildman–Crippen LogP) is 1.59. The summed E-state index contributed by atoms with van der Waals surface area (Å²) in [7, 11) is 0. The topological polar surface area (TPSA) is 43.8 Å². The lowest BCUT2D eigenvalue weighted by atomic mass is 9.98. The van der Waals surface area contributed by atoms with E-state index in [1.807, 2.05) is 0 Å². The minimum atomic E-state index is 0.659. The molecule has 1 aromatic heterocycles. The Bertz CT molecular complexity index is 376. The van der Waals surface area contributed by atoms with Gasteiger partial charge in [-0.05, 0) is 38.6 Å². The van der Waals surface area contributed by atoms with Gasteiger partial charge in [-0.15, -0.1) is 0 Å². The van der Waals surface area contributed by atoms with Gasteiger partial charge >= 0.3 is 0 Å². The molecular formula is C12H19N3. The fraction of sp³-hybridized carbons (Fsp3) is 0.750. The first kappa shape index (κ1) is 9.40. The highest BCUT2D eigenvalue weighted by Gasteiger charge is 2.31. The van der Waals surface area contributed by atoms with Crippen molar-refractivity contribution in [2.24, 2.45) is 11.7 Å². The van der Waals surface area contributed by atoms with Gasteiger partial charge in [-0.3, -0.25) is 0 Å². The van der Waals surface area contributed by atoms with Crippen LogP contribution in [0.1, 0.15) is 42.4 Å². The van der Waals surface area contributed by atoms with Crippen LogP contribution in [0.3, 0.4) is 0 Å². The molecule has 0 saturated heterocycles. The minimum absolute atomic E-state index is 0.659. The molecular weight excluding hydrogens is 186 g/mol. The van der Waals surface area contributed by atoms with E-state index in [0.29, 0.717) is 5.92 Å². The molecule has 1 unspecified atom stereocenters. The van der Waals surface area contributed by atoms with Crippen molar-refractivity contribution in [3.8, 4) is 0 Å². The summed E-state index contributed by atoms with van der Waals surface area (Å²) in [6, 6.07) is 0. The van der Waals surface area contributed by atoms with E-state index >= 15 is 0 Å². The smallest absolute Gasteiger partial charge is 0.109 e. The summed E-state index contributed by atoms with van der Waals surface area (Å²) >= 11 is 0. The first-order valence-corrected chi connectivity index (χ1v) is 6.05. The fourth-order valence-electron chi connectivity index (χ4n) is 2.68. The highest BCUT2D eigenvalue weighted by molar-refractivity contribution is 5.24. The summed E-state index contributed by atoms with van der Waals surface area (Å²) < 4.78 is 2.42. The van der Waals surface area contributed by atoms with Gasteiger partial charge in [-0.1, -0.05) is 0 Å². The van der Waals surface area contributed by atoms with Gasteiger partial charge in [0.2, 0.25) is 0 Å². The zero-order chi connectivity index (χ0) is 10.4. The second-order valence-corrected chi connectivity index (χ2v) is 5.02. The Kier molecular flexibility index (Phi) is 2.09. The summed E-state index contributed by atoms with van der Waals surface area (Å²) in [6.07, 6.45) is 5.00. The number of rotatable bonds is 2. The molecule has 1 aliphatic carbocycles. The summed E-state index contributed by atoms with van der Waals surface area (Å²) in [4.78, 5) is 4.82. The number of fused-ring (bicyclic) bond motifs is 1. The Morgan fingerprint density at radius 3 is 2.87 bits per heavy atom. The molecule has 3 heteroatoms. The second-order valence-electron chi connectivity index (χ2n) is 5.02. The molecule has 82 valence electrons. The lowest BCUT2D eigenvalue weighted by Gasteiger charge is -2.22. The average molecular weight is 205 g/mol. The Labute approximate surface area is 90.7 Å². The van der Waals surface area contributed by atoms with Crippen molar-refractivity contribution in [1.29, 1.82) is 0 Å². The van der Waals surface area contributed by atoms with Crippen LogP contribution in [0.5, 0.6) is 0 Å². The van der Waals surface area contributed by atoms with E-state index in [-0.39, 0.29) is 0 Å². The van der Waals surface area contributed by atoms with Crippen LogP contribution in [0.4, 0.5) is 0 Å². The van der Waals surface area contributed by atoms with Crippen LogP contribution in [0.25, 0.3) is 0 Å². The van der Waals surface area contributed by atoms with Crippen LogP contribution in [-0.2, 0) is 13.0 Å². The summed E-state index contributed by atoms with van der Waals surface area (Å²) in [5.74, 6) is 2.72. The number of hydrogen-bond donors (Lipinski definition) is 1. The van der Waals surface area contributed by atoms with Gasteiger partial charge in [-0.2, -0.15) is 0 Å². The normalized spacial score (nSPS) is 25.3. The van der Waals surface area contributed by atoms with Crippen molar-refractivity contribution in [2.45, 2.75) is 45.1 Å². The predicted molar refractivity (Wildman–Crippen MR) is 59.8 cm³/mol. The Morgan fingerprint density at radius 2 is 2.20 bits per heavy atom. The molecule has 2 heterocycles. The van der Waals surface area contributed by atoms with Crippen LogP contribution in [0, 0.1) is 12.8 Å². The molecule has 15 heavy (non-hydrogen) atoms. The van der Waals surface area contributed by atoms with Crippen molar-refractivity contribution in [3.63, 3.8) is 0 Å². The summed E-state index contributed by atoms with van der Waals surface area (Å²) in [5, 5.41) is 0. The third-order valence-electron chi connectivity index (χ3n) is 3.87. The maximum Gasteiger partial charge on any atom is 0.109 e. The van der Waals surface area contributed by atoms with Crippen LogP contribution >= 0.6 is 0 Å². The van der Waals surface area contributed by atoms with Crippen LogP contribution in [0.15, 0.2) is 0 Å². The monoisotopic (exact) mass is 205 g/mol. The third kappa shape index (κ3) is 1.49. The zero-order valence-corrected chi connectivity index (χ0v) is 9.37. The van der Waals surface area contributed by atoms with E-state index in [2.05, 4.69) is 11.5 Å². The molecule has 0 radical (unpaired) electrons. The fourth-order valence-corrected chi connectivity index (χ4v) is 2.68. The largest absolute Gasteiger partial charge is 0.332 e. The second kappa shape index (κ2) is 3.34. The highest BCUT2D eigenvalue weighted by atomic mass is 15.1. The molecule has 3 rings (SSSR count). The molecule has 1 aliphatic heterocycles. The molecule has 0 spiro atoms. The van der Waals surface area contributed by atoms with E-state index in [1.54, 1.807) is 0 Å². The molecule has 3 nitrogen and oxygen atoms in total. The number of nitrogens with zero attached hydrogens (tertiary/aromatic N) is 2. The number of aromatic nitrogens is 2. The zero-order valence-electron chi connectivity index (χ0n) is 9.37. The third-order valence-corrected chi connectivity index (χ3v) is 3.87. The van der Waals surface area contributed by atoms with E-state index in [4.69, 9.17) is 10.7 Å². The number of imidazole rings is 1. The molecule has 0 aromatic carbocycles. The van der Waals surface area contributed by atoms with Gasteiger partial charge in [0, 0.05) is 24.6 Å². The Balaban J connectivity index is 1.93. The molecule has 1 fully saturated rings. The van der Waals surface area contributed by atoms with Crippen molar-refractivity contribution in [1.82, 2.24) is 9.55 Å². The molecule has 1 aromatic rings. The van der Waals surface area contributed by atoms with Crippen LogP contribution in [0.2, 0.25) is 0 Å². The van der Waals surface area contributed by atoms with Gasteiger partial charge in [-0.25, -0.2) is 4.98 Å². The summed E-state index contributed by atoms with van der Waals surface area (Å²) in [5.41, 5.74) is 8.54. The van der Waals surface area contributed by atoms with Crippen molar-refractivity contribution < 1.29 is 0 Å². The first-order valence-electron chi connectivity index (χ1n) is 6.05. The number of hydrogen-bond acceptors (Lipinski definition) is 2. The molecule has 2 aliphatic rings. The minimum Gasteiger partial charge on any atom is -0.332 e. The maximum absolute atomic E-state index is 5.74. The molecule has 1 atom stereocenters. The lowest BCUT2D eigenvalue weighted by Crippen LogP contribution is -2.25. The summed E-state index contributed by atoms with van der Waals surface area (Å²) in [6.45, 7) is 4.17. The highest BCUT2D eigenvalue weighted by Crippen LogP contribution is 2.41. The van der Waals surface area contributed by atoms with Gasteiger partial charge in [0.05, 0.1) is 5.69 Å². The molecule has 0 amide bonds. The van der Waals surface area contributed by atoms with E-state index < -0.39 is 0 Å². The lowest BCUT2D eigenvalue weighted by molar-refractivity contribution is 0.386. The maximum atomic E-state index is 5.74. The van der Waals surface area contributed by atoms with E-state index in [0.717, 1.165) is 25.4 Å². The number of nitrogens with two attached hydrogens (primary N) is 1. The van der Waals surface area contributed by atoms with Gasteiger partial charge in [0.1, 0.15) is 5.82 Å². The van der Waals surface area contributed by atoms with Crippen molar-refractivity contribution >= 4 is 0 Å². The van der Waals surface area contributed by atoms with Gasteiger partial charge in [0.25, 0.3) is 0 Å². The van der Waals surface area contributed by atoms with Crippen molar-refractivity contribution in [3.05, 3.63) is 17.2 Å². The SMILES string of the molecule is Cc1c(C2CC2)nc2n1CCC(CN)C2. The van der Waals surface area contributed by atoms with E-state index in [1.165, 1.54) is 36.5 Å². The molecule has 1 saturated carbocycles. The quantitative estimate of drug-likeness (QED) is 0.796. The van der Waals surface area contributed by atoms with E-state index in [9.17, 15) is 0 Å². The molecule has 0 bridgehead atoms. The Morgan fingerprint density at radius 1 is 1.40 bits per heavy atom. The molecule has 2 N–H and O–H groups in total. The average Bonchev–Trinajstić information content (AvgIpc) is 3.04. The standard InChI is InChI=1S/C12H19N3/c1-8-12(10-2-3-10)14-11-6-9(7-13)4-5-15(8)11/h9-10H,2-7,13H2,1H3. The van der Waals surface area contributed by atoms with Crippen molar-refractivity contribution in [2.75, 3.05) is 6.54 Å². The van der Waals surface area contributed by atoms with Crippen LogP contribution in [-0.4, -0.2) is 16.1 Å².